The van der Waals surface area contributed by atoms with Crippen LogP contribution < -0.4 is 6.15 Å². The summed E-state index contributed by atoms with van der Waals surface area (Å²) in [7, 11) is -0.879. The van der Waals surface area contributed by atoms with E-state index in [-0.39, 0.29) is 6.15 Å². The fourth-order valence-electron chi connectivity index (χ4n) is 2.96. The van der Waals surface area contributed by atoms with Gasteiger partial charge in [0.1, 0.15) is 0 Å². The van der Waals surface area contributed by atoms with Crippen molar-refractivity contribution < 1.29 is 0 Å². The normalized spacial score (nSPS) is 12.2. The van der Waals surface area contributed by atoms with Crippen LogP contribution in [0.25, 0.3) is 0 Å². The van der Waals surface area contributed by atoms with Crippen LogP contribution in [0.4, 0.5) is 0 Å². The van der Waals surface area contributed by atoms with Crippen molar-refractivity contribution in [1.29, 1.82) is 0 Å². The predicted molar refractivity (Wildman–Crippen MR) is 92.4 cm³/mol. The maximum atomic E-state index is 2.36. The summed E-state index contributed by atoms with van der Waals surface area (Å²) in [4.78, 5) is 0. The van der Waals surface area contributed by atoms with E-state index in [0.717, 1.165) is 0 Å². The molecule has 0 bridgehead atoms. The number of hydrogen-bond donors (Lipinski definition) is 1. The Bertz CT molecular complexity index is 122. The average Bonchev–Trinajstić information content (AvgIpc) is 2.37. The van der Waals surface area contributed by atoms with Crippen molar-refractivity contribution in [3.8, 4) is 0 Å². The van der Waals surface area contributed by atoms with Crippen molar-refractivity contribution in [3.63, 3.8) is 0 Å². The summed E-state index contributed by atoms with van der Waals surface area (Å²) in [5, 5.41) is 0. The average molecular weight is 277 g/mol. The third kappa shape index (κ3) is 9.34. The molecule has 0 spiro atoms. The maximum Gasteiger partial charge on any atom is -0.344 e. The molecular weight excluding hydrogens is 237 g/mol. The fraction of sp³-hybridized carbons (Fsp3) is 1.00. The monoisotopic (exact) mass is 277 g/mol. The van der Waals surface area contributed by atoms with E-state index in [9.17, 15) is 0 Å². The van der Waals surface area contributed by atoms with Gasteiger partial charge in [-0.1, -0.05) is 0 Å². The molecule has 0 aromatic heterocycles. The van der Waals surface area contributed by atoms with E-state index in [2.05, 4.69) is 27.7 Å². The van der Waals surface area contributed by atoms with Gasteiger partial charge in [0.25, 0.3) is 0 Å². The minimum absolute atomic E-state index is 0. The van der Waals surface area contributed by atoms with Crippen molar-refractivity contribution in [3.05, 3.63) is 0 Å². The first-order valence-corrected chi connectivity index (χ1v) is 11.1. The van der Waals surface area contributed by atoms with E-state index in [1.54, 1.807) is 24.6 Å². The van der Waals surface area contributed by atoms with Crippen LogP contribution in [0.5, 0.6) is 0 Å². The minimum atomic E-state index is -0.879. The minimum Gasteiger partial charge on any atom is -0.344 e. The van der Waals surface area contributed by atoms with Gasteiger partial charge < -0.3 is 6.15 Å². The van der Waals surface area contributed by atoms with Gasteiger partial charge in [-0.15, -0.1) is 0 Å². The molecule has 0 heterocycles. The molecule has 0 radical (unpaired) electrons. The van der Waals surface area contributed by atoms with Gasteiger partial charge >= 0.3 is 111 Å². The van der Waals surface area contributed by atoms with Gasteiger partial charge in [0.15, 0.2) is 0 Å². The van der Waals surface area contributed by atoms with Crippen LogP contribution in [0.3, 0.4) is 0 Å². The largest absolute Gasteiger partial charge is 0.344 e. The van der Waals surface area contributed by atoms with Gasteiger partial charge in [0.05, 0.1) is 0 Å². The predicted octanol–water partition coefficient (Wildman–Crippen LogP) is 6.10. The van der Waals surface area contributed by atoms with Crippen molar-refractivity contribution in [1.82, 2.24) is 6.15 Å². The molecule has 0 aliphatic carbocycles. The summed E-state index contributed by atoms with van der Waals surface area (Å²) < 4.78 is 0. The Hall–Kier alpha value is 0.390. The summed E-state index contributed by atoms with van der Waals surface area (Å²) in [5.41, 5.74) is 0. The van der Waals surface area contributed by atoms with Crippen LogP contribution in [0.15, 0.2) is 0 Å². The van der Waals surface area contributed by atoms with E-state index >= 15 is 0 Å². The molecule has 18 heavy (non-hydrogen) atoms. The zero-order chi connectivity index (χ0) is 13.0. The van der Waals surface area contributed by atoms with Crippen LogP contribution >= 0.6 is 7.26 Å². The molecule has 0 aliphatic rings. The van der Waals surface area contributed by atoms with E-state index in [0.29, 0.717) is 0 Å². The molecule has 0 saturated carbocycles. The smallest absolute Gasteiger partial charge is 0.344 e. The first kappa shape index (κ1) is 20.7. The summed E-state index contributed by atoms with van der Waals surface area (Å²) in [5.74, 6) is 0. The second kappa shape index (κ2) is 13.8. The van der Waals surface area contributed by atoms with Gasteiger partial charge in [-0.25, -0.2) is 0 Å². The van der Waals surface area contributed by atoms with Gasteiger partial charge in [0, 0.05) is 0 Å². The molecule has 2 heteroatoms. The van der Waals surface area contributed by atoms with Crippen LogP contribution in [-0.2, 0) is 0 Å². The quantitative estimate of drug-likeness (QED) is 0.430. The van der Waals surface area contributed by atoms with Crippen LogP contribution in [0.1, 0.15) is 79.1 Å². The molecule has 0 aromatic rings. The molecule has 114 valence electrons. The topological polar surface area (TPSA) is 35.0 Å². The van der Waals surface area contributed by atoms with E-state index < -0.39 is 7.26 Å². The summed E-state index contributed by atoms with van der Waals surface area (Å²) >= 11 is 0. The van der Waals surface area contributed by atoms with E-state index in [1.165, 1.54) is 51.4 Å². The Morgan fingerprint density at radius 1 is 0.500 bits per heavy atom. The van der Waals surface area contributed by atoms with Gasteiger partial charge in [0.2, 0.25) is 0 Å². The Kier molecular flexibility index (Phi) is 15.9. The van der Waals surface area contributed by atoms with Crippen LogP contribution in [0.2, 0.25) is 0 Å². The third-order valence-electron chi connectivity index (χ3n) is 4.24. The zero-order valence-electron chi connectivity index (χ0n) is 13.7. The molecule has 0 unspecified atom stereocenters. The first-order chi connectivity index (χ1) is 8.24. The molecule has 0 rings (SSSR count). The summed E-state index contributed by atoms with van der Waals surface area (Å²) in [6, 6.07) is 0. The Morgan fingerprint density at radius 3 is 0.889 bits per heavy atom. The van der Waals surface area contributed by atoms with Gasteiger partial charge in [-0.2, -0.15) is 0 Å². The Balaban J connectivity index is 0. The summed E-state index contributed by atoms with van der Waals surface area (Å²) in [6.07, 6.45) is 18.1. The molecule has 1 nitrogen and oxygen atoms in total. The standard InChI is InChI=1S/C16H37P.H3N/c1-5-9-13-17(14-10-6-2,15-11-7-3)16-12-8-4;/h17H,5-16H2,1-4H3;1H3. The molecular formula is C16H40NP. The van der Waals surface area contributed by atoms with Gasteiger partial charge in [-0.05, 0) is 0 Å². The van der Waals surface area contributed by atoms with Gasteiger partial charge in [-0.3, -0.25) is 0 Å². The SMILES string of the molecule is CCCC[PH](CCCC)(CCCC)CCCC.N. The second-order valence-corrected chi connectivity index (χ2v) is 10.9. The Morgan fingerprint density at radius 2 is 0.722 bits per heavy atom. The maximum absolute atomic E-state index is 2.36. The van der Waals surface area contributed by atoms with Crippen molar-refractivity contribution in [2.45, 2.75) is 79.1 Å². The number of hydrogen-bond acceptors (Lipinski definition) is 1. The molecule has 0 aromatic carbocycles. The van der Waals surface area contributed by atoms with Crippen molar-refractivity contribution >= 4 is 7.26 Å². The molecule has 0 atom stereocenters. The first-order valence-electron chi connectivity index (χ1n) is 8.24. The molecule has 3 N–H and O–H groups in total. The van der Waals surface area contributed by atoms with E-state index in [4.69, 9.17) is 0 Å². The number of unbranched alkanes of at least 4 members (excludes halogenated alkanes) is 4. The van der Waals surface area contributed by atoms with Crippen molar-refractivity contribution in [2.24, 2.45) is 0 Å². The molecule has 0 fully saturated rings. The van der Waals surface area contributed by atoms with Crippen molar-refractivity contribution in [2.75, 3.05) is 24.6 Å². The fourth-order valence-corrected chi connectivity index (χ4v) is 8.87. The Labute approximate surface area is 117 Å². The van der Waals surface area contributed by atoms with Crippen LogP contribution in [-0.4, -0.2) is 24.6 Å². The molecule has 0 aliphatic heterocycles. The summed E-state index contributed by atoms with van der Waals surface area (Å²) in [6.45, 7) is 9.44. The number of rotatable bonds is 12. The second-order valence-electron chi connectivity index (χ2n) is 5.91. The third-order valence-corrected chi connectivity index (χ3v) is 9.90. The zero-order valence-corrected chi connectivity index (χ0v) is 14.7. The van der Waals surface area contributed by atoms with E-state index in [1.807, 2.05) is 0 Å². The molecule has 0 saturated heterocycles. The van der Waals surface area contributed by atoms with Crippen LogP contribution in [0, 0.1) is 0 Å². The molecule has 0 amide bonds.